The van der Waals surface area contributed by atoms with Crippen molar-refractivity contribution in [3.8, 4) is 5.75 Å². The van der Waals surface area contributed by atoms with Gasteiger partial charge in [0.15, 0.2) is 6.10 Å². The number of sulfonamides is 1. The molecule has 0 radical (unpaired) electrons. The van der Waals surface area contributed by atoms with Gasteiger partial charge in [-0.25, -0.2) is 13.2 Å². The molecule has 28 heavy (non-hydrogen) atoms. The minimum atomic E-state index is -3.82. The number of methoxy groups -OCH3 is 1. The Morgan fingerprint density at radius 1 is 1.29 bits per heavy atom. The van der Waals surface area contributed by atoms with Crippen LogP contribution in [0.15, 0.2) is 17.0 Å². The number of halogens is 1. The molecule has 1 aromatic rings. The highest BCUT2D eigenvalue weighted by molar-refractivity contribution is 7.89. The van der Waals surface area contributed by atoms with Crippen LogP contribution in [0.2, 0.25) is 5.02 Å². The molecule has 0 amide bonds. The van der Waals surface area contributed by atoms with Gasteiger partial charge in [0.25, 0.3) is 0 Å². The van der Waals surface area contributed by atoms with Crippen molar-refractivity contribution in [2.75, 3.05) is 7.11 Å². The molecule has 5 atom stereocenters. The minimum Gasteiger partial charge on any atom is -0.489 e. The number of nitrogens with zero attached hydrogens (tertiary/aromatic N) is 1. The molecule has 2 fully saturated rings. The molecule has 1 aromatic carbocycles. The van der Waals surface area contributed by atoms with E-state index in [-0.39, 0.29) is 23.1 Å². The Labute approximate surface area is 169 Å². The van der Waals surface area contributed by atoms with E-state index in [1.165, 1.54) is 17.5 Å². The molecule has 3 aliphatic heterocycles. The number of hydrogen-bond acceptors (Lipinski definition) is 6. The summed E-state index contributed by atoms with van der Waals surface area (Å²) in [5.41, 5.74) is 0.801. The molecule has 0 N–H and O–H groups in total. The highest BCUT2D eigenvalue weighted by atomic mass is 35.5. The van der Waals surface area contributed by atoms with E-state index in [9.17, 15) is 13.2 Å². The minimum absolute atomic E-state index is 0.0345. The number of piperidine rings is 1. The van der Waals surface area contributed by atoms with Crippen LogP contribution in [0.3, 0.4) is 0 Å². The number of esters is 1. The van der Waals surface area contributed by atoms with Crippen molar-refractivity contribution in [2.45, 2.75) is 74.8 Å². The van der Waals surface area contributed by atoms with Gasteiger partial charge in [0.2, 0.25) is 10.0 Å². The van der Waals surface area contributed by atoms with Gasteiger partial charge >= 0.3 is 5.97 Å². The quantitative estimate of drug-likeness (QED) is 0.687. The van der Waals surface area contributed by atoms with Crippen LogP contribution < -0.4 is 4.74 Å². The molecule has 7 nitrogen and oxygen atoms in total. The first-order chi connectivity index (χ1) is 13.2. The molecule has 5 unspecified atom stereocenters. The first-order valence-corrected chi connectivity index (χ1v) is 11.3. The van der Waals surface area contributed by atoms with Gasteiger partial charge in [-0.1, -0.05) is 11.6 Å². The SMILES string of the molecule is COC(=O)C1CC2C(CCC(C)N2S(=O)(=O)c2cc(Cl)c3c(c2)CC(C)O3)O1. The van der Waals surface area contributed by atoms with Gasteiger partial charge in [-0.05, 0) is 38.8 Å². The Balaban J connectivity index is 1.69. The smallest absolute Gasteiger partial charge is 0.335 e. The average molecular weight is 430 g/mol. The van der Waals surface area contributed by atoms with Crippen molar-refractivity contribution in [3.63, 3.8) is 0 Å². The monoisotopic (exact) mass is 429 g/mol. The van der Waals surface area contributed by atoms with E-state index < -0.39 is 28.1 Å². The van der Waals surface area contributed by atoms with E-state index in [1.807, 2.05) is 13.8 Å². The van der Waals surface area contributed by atoms with Crippen molar-refractivity contribution >= 4 is 27.6 Å². The van der Waals surface area contributed by atoms with E-state index in [0.717, 1.165) is 5.56 Å². The Morgan fingerprint density at radius 3 is 2.75 bits per heavy atom. The molecule has 3 aliphatic rings. The van der Waals surface area contributed by atoms with Crippen molar-refractivity contribution in [3.05, 3.63) is 22.7 Å². The van der Waals surface area contributed by atoms with Crippen LogP contribution in [0.4, 0.5) is 0 Å². The fourth-order valence-electron chi connectivity index (χ4n) is 4.54. The summed E-state index contributed by atoms with van der Waals surface area (Å²) >= 11 is 6.32. The van der Waals surface area contributed by atoms with Crippen LogP contribution in [0, 0.1) is 0 Å². The summed E-state index contributed by atoms with van der Waals surface area (Å²) in [6.07, 6.45) is 1.19. The summed E-state index contributed by atoms with van der Waals surface area (Å²) in [5, 5.41) is 0.303. The van der Waals surface area contributed by atoms with Crippen LogP contribution in [0.25, 0.3) is 0 Å². The molecule has 2 saturated heterocycles. The maximum atomic E-state index is 13.6. The summed E-state index contributed by atoms with van der Waals surface area (Å²) in [6.45, 7) is 3.81. The summed E-state index contributed by atoms with van der Waals surface area (Å²) < 4.78 is 44.9. The maximum Gasteiger partial charge on any atom is 0.335 e. The summed E-state index contributed by atoms with van der Waals surface area (Å²) in [6, 6.07) is 2.51. The van der Waals surface area contributed by atoms with Gasteiger partial charge in [-0.3, -0.25) is 0 Å². The van der Waals surface area contributed by atoms with Crippen LogP contribution in [-0.2, 0) is 30.7 Å². The van der Waals surface area contributed by atoms with E-state index in [0.29, 0.717) is 36.5 Å². The molecular weight excluding hydrogens is 406 g/mol. The number of ether oxygens (including phenoxy) is 3. The zero-order valence-corrected chi connectivity index (χ0v) is 17.6. The second-order valence-electron chi connectivity index (χ2n) is 7.78. The van der Waals surface area contributed by atoms with Crippen LogP contribution in [0.1, 0.15) is 38.7 Å². The largest absolute Gasteiger partial charge is 0.489 e. The fraction of sp³-hybridized carbons (Fsp3) is 0.632. The van der Waals surface area contributed by atoms with Crippen LogP contribution >= 0.6 is 11.6 Å². The molecule has 0 bridgehead atoms. The topological polar surface area (TPSA) is 82.1 Å². The maximum absolute atomic E-state index is 13.6. The summed E-state index contributed by atoms with van der Waals surface area (Å²) in [7, 11) is -2.52. The Kier molecular flexibility index (Phi) is 5.10. The lowest BCUT2D eigenvalue weighted by Crippen LogP contribution is -2.53. The molecule has 0 saturated carbocycles. The van der Waals surface area contributed by atoms with Gasteiger partial charge in [-0.15, -0.1) is 0 Å². The van der Waals surface area contributed by atoms with Crippen molar-refractivity contribution in [2.24, 2.45) is 0 Å². The zero-order chi connectivity index (χ0) is 20.2. The van der Waals surface area contributed by atoms with Crippen molar-refractivity contribution in [1.29, 1.82) is 0 Å². The second-order valence-corrected chi connectivity index (χ2v) is 10.0. The molecule has 3 heterocycles. The predicted octanol–water partition coefficient (Wildman–Crippen LogP) is 2.54. The van der Waals surface area contributed by atoms with Gasteiger partial charge < -0.3 is 14.2 Å². The lowest BCUT2D eigenvalue weighted by molar-refractivity contribution is -0.153. The summed E-state index contributed by atoms with van der Waals surface area (Å²) in [5.74, 6) is 0.0961. The van der Waals surface area contributed by atoms with Crippen molar-refractivity contribution in [1.82, 2.24) is 4.31 Å². The zero-order valence-electron chi connectivity index (χ0n) is 16.1. The van der Waals surface area contributed by atoms with E-state index in [4.69, 9.17) is 25.8 Å². The van der Waals surface area contributed by atoms with Gasteiger partial charge in [0, 0.05) is 24.4 Å². The number of benzene rings is 1. The van der Waals surface area contributed by atoms with Gasteiger partial charge in [0.1, 0.15) is 11.9 Å². The molecule has 4 rings (SSSR count). The molecule has 154 valence electrons. The first-order valence-electron chi connectivity index (χ1n) is 9.48. The van der Waals surface area contributed by atoms with Gasteiger partial charge in [-0.2, -0.15) is 4.31 Å². The summed E-state index contributed by atoms with van der Waals surface area (Å²) in [4.78, 5) is 12.1. The standard InChI is InChI=1S/C19H24ClNO6S/c1-10-4-5-16-15(9-17(27-16)19(22)25-3)21(10)28(23,24)13-7-12-6-11(2)26-18(12)14(20)8-13/h7-8,10-11,15-17H,4-6,9H2,1-3H3. The van der Waals surface area contributed by atoms with Gasteiger partial charge in [0.05, 0.1) is 29.2 Å². The number of hydrogen-bond donors (Lipinski definition) is 0. The molecule has 0 spiro atoms. The Hall–Kier alpha value is -1.35. The third kappa shape index (κ3) is 3.20. The number of fused-ring (bicyclic) bond motifs is 2. The lowest BCUT2D eigenvalue weighted by atomic mass is 9.95. The number of rotatable bonds is 3. The molecule has 0 aromatic heterocycles. The third-order valence-electron chi connectivity index (χ3n) is 5.81. The lowest BCUT2D eigenvalue weighted by Gasteiger charge is -2.40. The highest BCUT2D eigenvalue weighted by Gasteiger charge is 2.50. The highest BCUT2D eigenvalue weighted by Crippen LogP contribution is 2.42. The Morgan fingerprint density at radius 2 is 2.04 bits per heavy atom. The van der Waals surface area contributed by atoms with Crippen LogP contribution in [0.5, 0.6) is 5.75 Å². The predicted molar refractivity (Wildman–Crippen MR) is 102 cm³/mol. The Bertz CT molecular complexity index is 904. The number of carbonyl (C=O) groups excluding carboxylic acids is 1. The van der Waals surface area contributed by atoms with Crippen molar-refractivity contribution < 1.29 is 27.4 Å². The second kappa shape index (κ2) is 7.16. The number of carbonyl (C=O) groups is 1. The molecule has 9 heteroatoms. The van der Waals surface area contributed by atoms with E-state index >= 15 is 0 Å². The average Bonchev–Trinajstić information content (AvgIpc) is 3.23. The molecule has 0 aliphatic carbocycles. The fourth-order valence-corrected chi connectivity index (χ4v) is 6.85. The van der Waals surface area contributed by atoms with E-state index in [2.05, 4.69) is 0 Å². The van der Waals surface area contributed by atoms with Crippen LogP contribution in [-0.4, -0.2) is 56.2 Å². The first kappa shape index (κ1) is 19.9. The van der Waals surface area contributed by atoms with E-state index in [1.54, 1.807) is 6.07 Å². The normalized spacial score (nSPS) is 32.5. The molecular formula is C19H24ClNO6S. The third-order valence-corrected chi connectivity index (χ3v) is 8.11.